The normalized spacial score (nSPS) is 22.2. The highest BCUT2D eigenvalue weighted by atomic mass is 32.2. The molecule has 2 fully saturated rings. The van der Waals surface area contributed by atoms with Gasteiger partial charge >= 0.3 is 6.03 Å². The zero-order valence-electron chi connectivity index (χ0n) is 30.1. The number of likely N-dealkylation sites (tertiary alicyclic amines) is 1. The third kappa shape index (κ3) is 10.1. The molecule has 13 nitrogen and oxygen atoms in total. The van der Waals surface area contributed by atoms with Gasteiger partial charge in [-0.05, 0) is 40.2 Å². The van der Waals surface area contributed by atoms with E-state index < -0.39 is 81.6 Å². The van der Waals surface area contributed by atoms with Crippen LogP contribution in [-0.2, 0) is 31.0 Å². The average Bonchev–Trinajstić information content (AvgIpc) is 3.28. The number of likely N-dealkylation sites (N-methyl/N-ethyl adjacent to an activating group) is 1. The summed E-state index contributed by atoms with van der Waals surface area (Å²) in [4.78, 5) is 60.1. The molecule has 5 amide bonds. The minimum Gasteiger partial charge on any atom is -0.349 e. The topological polar surface area (TPSA) is 170 Å². The van der Waals surface area contributed by atoms with E-state index in [0.29, 0.717) is 5.69 Å². The van der Waals surface area contributed by atoms with Crippen LogP contribution in [-0.4, -0.2) is 103 Å². The molecule has 1 aromatic rings. The Morgan fingerprint density at radius 1 is 1.04 bits per heavy atom. The van der Waals surface area contributed by atoms with Crippen molar-refractivity contribution in [3.63, 3.8) is 0 Å². The van der Waals surface area contributed by atoms with Gasteiger partial charge in [0.25, 0.3) is 0 Å². The number of amides is 5. The highest BCUT2D eigenvalue weighted by Gasteiger charge is 2.70. The smallest absolute Gasteiger partial charge is 0.315 e. The molecule has 0 radical (unpaired) electrons. The molecule has 2 aliphatic rings. The van der Waals surface area contributed by atoms with Gasteiger partial charge in [0.05, 0.1) is 18.5 Å². The third-order valence-corrected chi connectivity index (χ3v) is 11.0. The number of carbonyl (C=O) groups excluding carboxylic acids is 4. The van der Waals surface area contributed by atoms with Crippen molar-refractivity contribution in [2.45, 2.75) is 98.9 Å². The fraction of sp³-hybridized carbons (Fsp3) is 0.727. The lowest BCUT2D eigenvalue weighted by atomic mass is 9.85. The van der Waals surface area contributed by atoms with E-state index in [1.165, 1.54) is 18.1 Å². The van der Waals surface area contributed by atoms with Crippen LogP contribution in [0.1, 0.15) is 67.5 Å². The Labute approximate surface area is 288 Å². The van der Waals surface area contributed by atoms with Gasteiger partial charge in [0.2, 0.25) is 34.2 Å². The van der Waals surface area contributed by atoms with Crippen LogP contribution < -0.4 is 21.3 Å². The lowest BCUT2D eigenvalue weighted by molar-refractivity contribution is -0.144. The van der Waals surface area contributed by atoms with E-state index in [4.69, 9.17) is 0 Å². The maximum Gasteiger partial charge on any atom is 0.315 e. The van der Waals surface area contributed by atoms with Gasteiger partial charge in [-0.2, -0.15) is 0 Å². The monoisotopic (exact) mass is 713 g/mol. The summed E-state index contributed by atoms with van der Waals surface area (Å²) >= 11 is 0. The number of halogens is 2. The molecule has 49 heavy (non-hydrogen) atoms. The quantitative estimate of drug-likeness (QED) is 0.243. The number of fused-ring (bicyclic) bond motifs is 1. The summed E-state index contributed by atoms with van der Waals surface area (Å²) in [5.74, 6) is -2.39. The Bertz CT molecular complexity index is 1480. The van der Waals surface area contributed by atoms with Crippen molar-refractivity contribution in [2.75, 3.05) is 26.4 Å². The average molecular weight is 714 g/mol. The number of carbonyl (C=O) groups is 4. The molecule has 1 saturated heterocycles. The van der Waals surface area contributed by atoms with E-state index in [1.807, 2.05) is 34.6 Å². The number of nitrogens with one attached hydrogen (secondary N) is 4. The van der Waals surface area contributed by atoms with Crippen molar-refractivity contribution in [3.8, 4) is 0 Å². The second kappa shape index (κ2) is 14.8. The van der Waals surface area contributed by atoms with E-state index in [-0.39, 0.29) is 36.9 Å². The molecule has 0 unspecified atom stereocenters. The summed E-state index contributed by atoms with van der Waals surface area (Å²) in [5, 5.41) is 10.6. The van der Waals surface area contributed by atoms with Crippen molar-refractivity contribution in [2.24, 2.45) is 28.1 Å². The number of pyridine rings is 1. The minimum atomic E-state index is -3.53. The van der Waals surface area contributed by atoms with Crippen molar-refractivity contribution in [1.82, 2.24) is 35.5 Å². The van der Waals surface area contributed by atoms with Crippen LogP contribution >= 0.6 is 0 Å². The Morgan fingerprint density at radius 2 is 1.67 bits per heavy atom. The lowest BCUT2D eigenvalue weighted by Gasteiger charge is -2.39. The molecule has 4 N–H and O–H groups in total. The first-order chi connectivity index (χ1) is 22.4. The van der Waals surface area contributed by atoms with Gasteiger partial charge in [-0.3, -0.25) is 19.4 Å². The molecule has 1 saturated carbocycles. The van der Waals surface area contributed by atoms with E-state index >= 15 is 0 Å². The second-order valence-corrected chi connectivity index (χ2v) is 18.1. The number of nitrogens with zero attached hydrogens (tertiary/aromatic N) is 3. The van der Waals surface area contributed by atoms with Crippen LogP contribution in [0.3, 0.4) is 0 Å². The molecule has 0 bridgehead atoms. The van der Waals surface area contributed by atoms with Crippen LogP contribution in [0, 0.1) is 28.1 Å². The number of alkyl halides is 2. The predicted octanol–water partition coefficient (Wildman–Crippen LogP) is 2.34. The first kappa shape index (κ1) is 40.0. The fourth-order valence-corrected chi connectivity index (χ4v) is 6.78. The van der Waals surface area contributed by atoms with Crippen molar-refractivity contribution >= 4 is 33.8 Å². The first-order valence-corrected chi connectivity index (χ1v) is 18.3. The molecular weight excluding hydrogens is 660 g/mol. The molecular formula is C33H53F2N7O6S. The molecule has 0 spiro atoms. The molecule has 1 aliphatic carbocycles. The van der Waals surface area contributed by atoms with Crippen LogP contribution in [0.4, 0.5) is 13.6 Å². The SMILES string of the molecule is CN(C[C@@H](NC(=O)N[C@H](C(=O)N1C[C@H]2[C@@H]([C@H]1C(=O)N[C@@H](CC(F)F)C(=O)NCc1ccccn1)C2(C)C)C(C)(C)C)C(C)(C)C)S(C)(=O)=O. The van der Waals surface area contributed by atoms with Crippen molar-refractivity contribution in [1.29, 1.82) is 0 Å². The van der Waals surface area contributed by atoms with Crippen LogP contribution in [0.2, 0.25) is 0 Å². The van der Waals surface area contributed by atoms with Gasteiger partial charge in [0.1, 0.15) is 18.1 Å². The number of hydrogen-bond donors (Lipinski definition) is 4. The summed E-state index contributed by atoms with van der Waals surface area (Å²) in [7, 11) is -2.12. The molecule has 2 heterocycles. The number of hydrogen-bond acceptors (Lipinski definition) is 7. The Balaban J connectivity index is 1.82. The second-order valence-electron chi connectivity index (χ2n) is 16.0. The number of piperidine rings is 1. The van der Waals surface area contributed by atoms with E-state index in [9.17, 15) is 36.4 Å². The number of urea groups is 1. The van der Waals surface area contributed by atoms with Crippen LogP contribution in [0.25, 0.3) is 0 Å². The van der Waals surface area contributed by atoms with Gasteiger partial charge in [-0.1, -0.05) is 61.5 Å². The van der Waals surface area contributed by atoms with Crippen molar-refractivity contribution < 1.29 is 36.4 Å². The number of aromatic nitrogens is 1. The van der Waals surface area contributed by atoms with Gasteiger partial charge < -0.3 is 26.2 Å². The minimum absolute atomic E-state index is 0.00802. The Morgan fingerprint density at radius 3 is 2.18 bits per heavy atom. The largest absolute Gasteiger partial charge is 0.349 e. The molecule has 16 heteroatoms. The maximum atomic E-state index is 14.3. The van der Waals surface area contributed by atoms with E-state index in [1.54, 1.807) is 39.0 Å². The Kier molecular flexibility index (Phi) is 12.1. The predicted molar refractivity (Wildman–Crippen MR) is 181 cm³/mol. The van der Waals surface area contributed by atoms with Crippen LogP contribution in [0.5, 0.6) is 0 Å². The summed E-state index contributed by atoms with van der Waals surface area (Å²) in [6, 6.07) is 0.0240. The van der Waals surface area contributed by atoms with Crippen molar-refractivity contribution in [3.05, 3.63) is 30.1 Å². The fourth-order valence-electron chi connectivity index (χ4n) is 6.36. The van der Waals surface area contributed by atoms with Gasteiger partial charge in [-0.15, -0.1) is 0 Å². The van der Waals surface area contributed by atoms with Gasteiger partial charge in [-0.25, -0.2) is 26.3 Å². The van der Waals surface area contributed by atoms with E-state index in [2.05, 4.69) is 26.3 Å². The highest BCUT2D eigenvalue weighted by Crippen LogP contribution is 2.65. The lowest BCUT2D eigenvalue weighted by Crippen LogP contribution is -2.62. The van der Waals surface area contributed by atoms with Gasteiger partial charge in [0.15, 0.2) is 0 Å². The summed E-state index contributed by atoms with van der Waals surface area (Å²) in [5.41, 5.74) is -1.19. The summed E-state index contributed by atoms with van der Waals surface area (Å²) in [6.07, 6.45) is -1.21. The summed E-state index contributed by atoms with van der Waals surface area (Å²) in [6.45, 7) is 14.9. The maximum absolute atomic E-state index is 14.3. The molecule has 276 valence electrons. The number of sulfonamides is 1. The molecule has 1 aliphatic heterocycles. The molecule has 6 atom stereocenters. The zero-order chi connectivity index (χ0) is 37.3. The third-order valence-electron chi connectivity index (χ3n) is 9.72. The standard InChI is InChI=1S/C33H53F2N7O6S/c1-31(2,3)22(18-41(9)49(10,47)48)39-30(46)40-26(32(4,5)6)29(45)42-17-20-24(33(20,7)8)25(42)28(44)38-21(15-23(34)35)27(43)37-16-19-13-11-12-14-36-19/h11-14,20-26H,15-18H2,1-10H3,(H,37,43)(H,38,44)(H2,39,40,46)/t20-,21-,22+,24-,25-,26+/m0/s1. The molecule has 1 aromatic heterocycles. The molecule has 3 rings (SSSR count). The van der Waals surface area contributed by atoms with Crippen LogP contribution in [0.15, 0.2) is 24.4 Å². The first-order valence-electron chi connectivity index (χ1n) is 16.4. The Hall–Kier alpha value is -3.40. The molecule has 0 aromatic carbocycles. The highest BCUT2D eigenvalue weighted by molar-refractivity contribution is 7.88. The zero-order valence-corrected chi connectivity index (χ0v) is 31.0. The summed E-state index contributed by atoms with van der Waals surface area (Å²) < 4.78 is 52.5. The number of rotatable bonds is 13. The van der Waals surface area contributed by atoms with E-state index in [0.717, 1.165) is 10.6 Å². The van der Waals surface area contributed by atoms with Gasteiger partial charge in [0, 0.05) is 38.8 Å².